The second kappa shape index (κ2) is 9.75. The summed E-state index contributed by atoms with van der Waals surface area (Å²) in [6.07, 6.45) is 1.47. The van der Waals surface area contributed by atoms with Gasteiger partial charge in [0, 0.05) is 12.3 Å². The van der Waals surface area contributed by atoms with E-state index in [1.165, 1.54) is 0 Å². The Balaban J connectivity index is 2.56. The highest BCUT2D eigenvalue weighted by Gasteiger charge is 2.34. The van der Waals surface area contributed by atoms with Crippen LogP contribution in [0.5, 0.6) is 0 Å². The summed E-state index contributed by atoms with van der Waals surface area (Å²) >= 11 is 0. The zero-order valence-corrected chi connectivity index (χ0v) is 15.6. The van der Waals surface area contributed by atoms with E-state index < -0.39 is 30.2 Å². The maximum Gasteiger partial charge on any atom is 0.326 e. The van der Waals surface area contributed by atoms with Crippen LogP contribution in [0.3, 0.4) is 0 Å². The summed E-state index contributed by atoms with van der Waals surface area (Å²) in [5, 5.41) is 9.03. The lowest BCUT2D eigenvalue weighted by Gasteiger charge is -2.30. The van der Waals surface area contributed by atoms with Gasteiger partial charge < -0.3 is 20.3 Å². The monoisotopic (exact) mass is 357 g/mol. The average Bonchev–Trinajstić information content (AvgIpc) is 2.52. The second-order valence-electron chi connectivity index (χ2n) is 7.61. The number of ether oxygens (including phenoxy) is 2. The normalized spacial score (nSPS) is 23.2. The van der Waals surface area contributed by atoms with Crippen LogP contribution in [-0.4, -0.2) is 35.3 Å². The molecule has 7 heteroatoms. The number of carbonyl (C=O) groups is 3. The highest BCUT2D eigenvalue weighted by molar-refractivity contribution is 5.76. The molecular weight excluding hydrogens is 326 g/mol. The molecule has 2 atom stereocenters. The Kier molecular flexibility index (Phi) is 8.35. The summed E-state index contributed by atoms with van der Waals surface area (Å²) in [5.41, 5.74) is 6.01. The van der Waals surface area contributed by atoms with Gasteiger partial charge in [-0.2, -0.15) is 0 Å². The Morgan fingerprint density at radius 3 is 2.04 bits per heavy atom. The summed E-state index contributed by atoms with van der Waals surface area (Å²) in [6, 6.07) is -0.834. The van der Waals surface area contributed by atoms with Gasteiger partial charge in [-0.05, 0) is 37.5 Å². The Bertz CT molecular complexity index is 468. The maximum absolute atomic E-state index is 12.3. The lowest BCUT2D eigenvalue weighted by Crippen LogP contribution is -2.44. The van der Waals surface area contributed by atoms with Crippen LogP contribution in [-0.2, 0) is 23.9 Å². The van der Waals surface area contributed by atoms with Gasteiger partial charge in [-0.1, -0.05) is 27.7 Å². The lowest BCUT2D eigenvalue weighted by atomic mass is 9.79. The molecule has 0 radical (unpaired) electrons. The number of rotatable bonds is 8. The quantitative estimate of drug-likeness (QED) is 0.506. The first-order chi connectivity index (χ1) is 11.6. The minimum Gasteiger partial charge on any atom is -0.481 e. The molecule has 0 spiro atoms. The molecule has 1 aliphatic rings. The largest absolute Gasteiger partial charge is 0.481 e. The molecule has 0 heterocycles. The third-order valence-corrected chi connectivity index (χ3v) is 4.50. The Hall–Kier alpha value is -1.63. The Morgan fingerprint density at radius 2 is 1.60 bits per heavy atom. The van der Waals surface area contributed by atoms with Crippen molar-refractivity contribution in [3.05, 3.63) is 0 Å². The van der Waals surface area contributed by atoms with Gasteiger partial charge in [-0.25, -0.2) is 0 Å². The van der Waals surface area contributed by atoms with Crippen molar-refractivity contribution in [1.29, 1.82) is 0 Å². The van der Waals surface area contributed by atoms with Gasteiger partial charge in [0.25, 0.3) is 0 Å². The van der Waals surface area contributed by atoms with Gasteiger partial charge in [0.05, 0.1) is 5.92 Å². The first-order valence-corrected chi connectivity index (χ1v) is 9.00. The summed E-state index contributed by atoms with van der Waals surface area (Å²) in [6.45, 7) is 7.40. The van der Waals surface area contributed by atoms with Crippen molar-refractivity contribution in [2.75, 3.05) is 0 Å². The standard InChI is InChI=1S/C18H31NO6/c1-10(2)9-14(20)24-18(11(3)4)25-17(23)15(19)12-5-7-13(8-6-12)16(21)22/h10-13,15,18H,5-9,19H2,1-4H3,(H,21,22)/t12-,13-,15?,18?. The van der Waals surface area contributed by atoms with Gasteiger partial charge >= 0.3 is 17.9 Å². The molecule has 0 aromatic heterocycles. The molecule has 0 aromatic rings. The average molecular weight is 357 g/mol. The van der Waals surface area contributed by atoms with Gasteiger partial charge in [0.15, 0.2) is 0 Å². The third kappa shape index (κ3) is 7.02. The van der Waals surface area contributed by atoms with E-state index in [0.29, 0.717) is 25.7 Å². The van der Waals surface area contributed by atoms with E-state index in [2.05, 4.69) is 0 Å². The number of hydrogen-bond acceptors (Lipinski definition) is 6. The molecule has 2 unspecified atom stereocenters. The van der Waals surface area contributed by atoms with E-state index in [0.717, 1.165) is 0 Å². The highest BCUT2D eigenvalue weighted by Crippen LogP contribution is 2.31. The van der Waals surface area contributed by atoms with Crippen LogP contribution in [0.1, 0.15) is 59.8 Å². The first-order valence-electron chi connectivity index (χ1n) is 9.00. The number of esters is 2. The van der Waals surface area contributed by atoms with E-state index in [-0.39, 0.29) is 30.1 Å². The minimum atomic E-state index is -0.958. The van der Waals surface area contributed by atoms with Gasteiger partial charge in [-0.3, -0.25) is 14.4 Å². The number of aliphatic carboxylic acids is 1. The molecule has 25 heavy (non-hydrogen) atoms. The molecule has 0 saturated heterocycles. The predicted octanol–water partition coefficient (Wildman–Crippen LogP) is 2.32. The van der Waals surface area contributed by atoms with E-state index in [1.54, 1.807) is 13.8 Å². The fraction of sp³-hybridized carbons (Fsp3) is 0.833. The summed E-state index contributed by atoms with van der Waals surface area (Å²) < 4.78 is 10.6. The van der Waals surface area contributed by atoms with E-state index >= 15 is 0 Å². The van der Waals surface area contributed by atoms with Crippen molar-refractivity contribution in [2.24, 2.45) is 29.4 Å². The van der Waals surface area contributed by atoms with Crippen LogP contribution >= 0.6 is 0 Å². The second-order valence-corrected chi connectivity index (χ2v) is 7.61. The van der Waals surface area contributed by atoms with Crippen molar-refractivity contribution >= 4 is 17.9 Å². The van der Waals surface area contributed by atoms with Crippen molar-refractivity contribution in [3.8, 4) is 0 Å². The number of carboxylic acid groups (broad SMARTS) is 1. The molecule has 1 aliphatic carbocycles. The van der Waals surface area contributed by atoms with Crippen LogP contribution in [0.25, 0.3) is 0 Å². The molecule has 0 aromatic carbocycles. The van der Waals surface area contributed by atoms with Gasteiger partial charge in [-0.15, -0.1) is 0 Å². The third-order valence-electron chi connectivity index (χ3n) is 4.50. The van der Waals surface area contributed by atoms with E-state index in [4.69, 9.17) is 20.3 Å². The van der Waals surface area contributed by atoms with E-state index in [9.17, 15) is 14.4 Å². The van der Waals surface area contributed by atoms with Crippen molar-refractivity contribution in [3.63, 3.8) is 0 Å². The maximum atomic E-state index is 12.3. The summed E-state index contributed by atoms with van der Waals surface area (Å²) in [7, 11) is 0. The molecular formula is C18H31NO6. The number of nitrogens with two attached hydrogens (primary N) is 1. The highest BCUT2D eigenvalue weighted by atomic mass is 16.7. The first kappa shape index (κ1) is 21.4. The molecule has 7 nitrogen and oxygen atoms in total. The molecule has 144 valence electrons. The van der Waals surface area contributed by atoms with Crippen LogP contribution in [0.4, 0.5) is 0 Å². The minimum absolute atomic E-state index is 0.109. The van der Waals surface area contributed by atoms with Gasteiger partial charge in [0.1, 0.15) is 6.04 Å². The summed E-state index contributed by atoms with van der Waals surface area (Å²) in [5.74, 6) is -2.31. The molecule has 1 rings (SSSR count). The van der Waals surface area contributed by atoms with Crippen LogP contribution < -0.4 is 5.73 Å². The molecule has 0 bridgehead atoms. The van der Waals surface area contributed by atoms with Crippen molar-refractivity contribution < 1.29 is 29.0 Å². The van der Waals surface area contributed by atoms with Crippen LogP contribution in [0.15, 0.2) is 0 Å². The fourth-order valence-electron chi connectivity index (χ4n) is 2.92. The number of carbonyl (C=O) groups excluding carboxylic acids is 2. The van der Waals surface area contributed by atoms with E-state index in [1.807, 2.05) is 13.8 Å². The molecule has 0 aliphatic heterocycles. The Morgan fingerprint density at radius 1 is 1.04 bits per heavy atom. The van der Waals surface area contributed by atoms with Crippen molar-refractivity contribution in [2.45, 2.75) is 72.1 Å². The SMILES string of the molecule is CC(C)CC(=O)OC(OC(=O)C(N)[C@H]1CC[C@H](C(=O)O)CC1)C(C)C. The predicted molar refractivity (Wildman–Crippen MR) is 91.3 cm³/mol. The fourth-order valence-corrected chi connectivity index (χ4v) is 2.92. The molecule has 3 N–H and O–H groups in total. The zero-order chi connectivity index (χ0) is 19.1. The van der Waals surface area contributed by atoms with Gasteiger partial charge in [0.2, 0.25) is 6.29 Å². The van der Waals surface area contributed by atoms with Crippen LogP contribution in [0.2, 0.25) is 0 Å². The molecule has 1 saturated carbocycles. The smallest absolute Gasteiger partial charge is 0.326 e. The molecule has 1 fully saturated rings. The lowest BCUT2D eigenvalue weighted by molar-refractivity contribution is -0.198. The number of carboxylic acids is 1. The summed E-state index contributed by atoms with van der Waals surface area (Å²) in [4.78, 5) is 35.1. The van der Waals surface area contributed by atoms with Crippen LogP contribution in [0, 0.1) is 23.7 Å². The zero-order valence-electron chi connectivity index (χ0n) is 15.6. The van der Waals surface area contributed by atoms with Crippen molar-refractivity contribution in [1.82, 2.24) is 0 Å². The Labute approximate surface area is 149 Å². The number of hydrogen-bond donors (Lipinski definition) is 2. The molecule has 0 amide bonds. The topological polar surface area (TPSA) is 116 Å².